The smallest absolute Gasteiger partial charge is 0.219 e. The fraction of sp³-hybridized carbons (Fsp3) is 0.480. The lowest BCUT2D eigenvalue weighted by molar-refractivity contribution is -0.130. The van der Waals surface area contributed by atoms with E-state index in [1.54, 1.807) is 20.1 Å². The van der Waals surface area contributed by atoms with Gasteiger partial charge in [0.25, 0.3) is 0 Å². The molecule has 0 bridgehead atoms. The predicted molar refractivity (Wildman–Crippen MR) is 119 cm³/mol. The molecule has 1 fully saturated rings. The first kappa shape index (κ1) is 22.4. The largest absolute Gasteiger partial charge is 0.497 e. The van der Waals surface area contributed by atoms with E-state index < -0.39 is 0 Å². The van der Waals surface area contributed by atoms with Gasteiger partial charge in [-0.1, -0.05) is 12.1 Å². The number of nitrogens with zero attached hydrogens (tertiary/aromatic N) is 2. The van der Waals surface area contributed by atoms with E-state index in [4.69, 9.17) is 14.2 Å². The number of methoxy groups -OCH3 is 2. The Morgan fingerprint density at radius 1 is 1.19 bits per heavy atom. The molecule has 0 aliphatic carbocycles. The summed E-state index contributed by atoms with van der Waals surface area (Å²) in [6.45, 7) is 4.86. The van der Waals surface area contributed by atoms with Crippen LogP contribution in [-0.2, 0) is 17.9 Å². The number of hydrogen-bond donors (Lipinski definition) is 0. The number of piperidine rings is 1. The van der Waals surface area contributed by atoms with Gasteiger partial charge in [0.2, 0.25) is 5.91 Å². The molecular weight excluding hydrogens is 411 g/mol. The highest BCUT2D eigenvalue weighted by Crippen LogP contribution is 2.33. The third kappa shape index (κ3) is 4.83. The summed E-state index contributed by atoms with van der Waals surface area (Å²) >= 11 is 0. The van der Waals surface area contributed by atoms with E-state index in [-0.39, 0.29) is 29.5 Å². The van der Waals surface area contributed by atoms with E-state index in [1.165, 1.54) is 7.11 Å². The van der Waals surface area contributed by atoms with Crippen molar-refractivity contribution in [3.05, 3.63) is 53.3 Å². The summed E-state index contributed by atoms with van der Waals surface area (Å²) in [4.78, 5) is 16.4. The molecule has 0 N–H and O–H groups in total. The van der Waals surface area contributed by atoms with Crippen molar-refractivity contribution in [1.82, 2.24) is 9.80 Å². The Morgan fingerprint density at radius 2 is 2.03 bits per heavy atom. The van der Waals surface area contributed by atoms with E-state index in [2.05, 4.69) is 4.90 Å². The van der Waals surface area contributed by atoms with Crippen molar-refractivity contribution >= 4 is 5.91 Å². The van der Waals surface area contributed by atoms with Crippen molar-refractivity contribution < 1.29 is 23.4 Å². The zero-order valence-corrected chi connectivity index (χ0v) is 19.0. The van der Waals surface area contributed by atoms with Crippen LogP contribution in [0.4, 0.5) is 4.39 Å². The second-order valence-corrected chi connectivity index (χ2v) is 8.60. The van der Waals surface area contributed by atoms with Crippen LogP contribution in [0.3, 0.4) is 0 Å². The van der Waals surface area contributed by atoms with Crippen molar-refractivity contribution in [1.29, 1.82) is 0 Å². The molecule has 1 amide bonds. The summed E-state index contributed by atoms with van der Waals surface area (Å²) in [5.41, 5.74) is 1.59. The number of carbonyl (C=O) groups is 1. The Kier molecular flexibility index (Phi) is 6.84. The molecule has 1 saturated heterocycles. The summed E-state index contributed by atoms with van der Waals surface area (Å²) in [7, 11) is 3.11. The van der Waals surface area contributed by atoms with Crippen LogP contribution in [0.2, 0.25) is 0 Å². The van der Waals surface area contributed by atoms with Gasteiger partial charge in [-0.05, 0) is 43.7 Å². The predicted octanol–water partition coefficient (Wildman–Crippen LogP) is 3.86. The maximum Gasteiger partial charge on any atom is 0.219 e. The van der Waals surface area contributed by atoms with E-state index in [1.807, 2.05) is 35.2 Å². The lowest BCUT2D eigenvalue weighted by Crippen LogP contribution is -2.46. The van der Waals surface area contributed by atoms with Crippen LogP contribution in [-0.4, -0.2) is 55.7 Å². The second kappa shape index (κ2) is 9.77. The first-order chi connectivity index (χ1) is 15.5. The molecule has 172 valence electrons. The van der Waals surface area contributed by atoms with Crippen LogP contribution in [0.15, 0.2) is 36.4 Å². The van der Waals surface area contributed by atoms with Crippen LogP contribution in [0.5, 0.6) is 17.2 Å². The quantitative estimate of drug-likeness (QED) is 0.704. The Bertz CT molecular complexity index is 967. The van der Waals surface area contributed by atoms with Gasteiger partial charge in [0.15, 0.2) is 11.6 Å². The lowest BCUT2D eigenvalue weighted by Gasteiger charge is -2.37. The fourth-order valence-electron chi connectivity index (χ4n) is 4.71. The minimum absolute atomic E-state index is 0.0281. The molecule has 32 heavy (non-hydrogen) atoms. The number of carbonyl (C=O) groups excluding carboxylic acids is 1. The molecular formula is C25H31FN2O4. The SMILES string of the molecule is COc1ccc2c(c1)CN(C(C)=O)CC(C1CCCN(Cc3cccc(OC)c3F)C1)O2. The molecule has 0 aromatic heterocycles. The highest BCUT2D eigenvalue weighted by molar-refractivity contribution is 5.73. The Hall–Kier alpha value is -2.80. The average Bonchev–Trinajstić information content (AvgIpc) is 3.00. The number of halogens is 1. The summed E-state index contributed by atoms with van der Waals surface area (Å²) in [6.07, 6.45) is 1.90. The van der Waals surface area contributed by atoms with Crippen LogP contribution < -0.4 is 14.2 Å². The molecule has 2 unspecified atom stereocenters. The monoisotopic (exact) mass is 442 g/mol. The Balaban J connectivity index is 1.52. The lowest BCUT2D eigenvalue weighted by atomic mass is 9.91. The van der Waals surface area contributed by atoms with Crippen molar-refractivity contribution in [2.45, 2.75) is 39.0 Å². The maximum absolute atomic E-state index is 14.7. The zero-order chi connectivity index (χ0) is 22.7. The topological polar surface area (TPSA) is 51.2 Å². The molecule has 2 aromatic carbocycles. The minimum Gasteiger partial charge on any atom is -0.497 e. The number of ether oxygens (including phenoxy) is 3. The summed E-state index contributed by atoms with van der Waals surface area (Å²) in [5, 5.41) is 0. The molecule has 2 aliphatic rings. The molecule has 0 spiro atoms. The van der Waals surface area contributed by atoms with Crippen LogP contribution >= 0.6 is 0 Å². The first-order valence-electron chi connectivity index (χ1n) is 11.1. The normalized spacial score (nSPS) is 21.3. The van der Waals surface area contributed by atoms with Crippen molar-refractivity contribution in [2.75, 3.05) is 33.9 Å². The van der Waals surface area contributed by atoms with E-state index >= 15 is 0 Å². The minimum atomic E-state index is -0.298. The fourth-order valence-corrected chi connectivity index (χ4v) is 4.71. The standard InChI is InChI=1S/C25H31FN2O4/c1-17(29)28-15-20-12-21(30-2)9-10-22(20)32-24(16-28)18-7-5-11-27(13-18)14-19-6-4-8-23(31-3)25(19)26/h4,6,8-10,12,18,24H,5,7,11,13-16H2,1-3H3. The molecule has 7 heteroatoms. The molecule has 6 nitrogen and oxygen atoms in total. The second-order valence-electron chi connectivity index (χ2n) is 8.60. The molecule has 0 radical (unpaired) electrons. The molecule has 2 atom stereocenters. The Labute approximate surface area is 188 Å². The molecule has 2 aromatic rings. The van der Waals surface area contributed by atoms with E-state index in [0.717, 1.165) is 43.0 Å². The summed E-state index contributed by atoms with van der Waals surface area (Å²) in [6, 6.07) is 11.0. The average molecular weight is 443 g/mol. The van der Waals surface area contributed by atoms with Gasteiger partial charge in [0.1, 0.15) is 17.6 Å². The Morgan fingerprint density at radius 3 is 2.78 bits per heavy atom. The third-order valence-electron chi connectivity index (χ3n) is 6.48. The van der Waals surface area contributed by atoms with Crippen molar-refractivity contribution in [3.8, 4) is 17.2 Å². The summed E-state index contributed by atoms with van der Waals surface area (Å²) in [5.74, 6) is 1.79. The third-order valence-corrected chi connectivity index (χ3v) is 6.48. The number of hydrogen-bond acceptors (Lipinski definition) is 5. The number of fused-ring (bicyclic) bond motifs is 1. The number of benzene rings is 2. The van der Waals surface area contributed by atoms with Gasteiger partial charge in [-0.3, -0.25) is 9.69 Å². The highest BCUT2D eigenvalue weighted by Gasteiger charge is 2.34. The van der Waals surface area contributed by atoms with Gasteiger partial charge < -0.3 is 19.1 Å². The highest BCUT2D eigenvalue weighted by atomic mass is 19.1. The number of rotatable bonds is 5. The van der Waals surface area contributed by atoms with Crippen LogP contribution in [0.1, 0.15) is 30.9 Å². The van der Waals surface area contributed by atoms with Gasteiger partial charge >= 0.3 is 0 Å². The van der Waals surface area contributed by atoms with Crippen LogP contribution in [0.25, 0.3) is 0 Å². The van der Waals surface area contributed by atoms with Gasteiger partial charge in [0.05, 0.1) is 20.8 Å². The first-order valence-corrected chi connectivity index (χ1v) is 11.1. The van der Waals surface area contributed by atoms with Gasteiger partial charge in [0, 0.05) is 43.6 Å². The van der Waals surface area contributed by atoms with Crippen molar-refractivity contribution in [2.24, 2.45) is 5.92 Å². The van der Waals surface area contributed by atoms with Crippen molar-refractivity contribution in [3.63, 3.8) is 0 Å². The molecule has 0 saturated carbocycles. The summed E-state index contributed by atoms with van der Waals surface area (Å²) < 4.78 is 31.6. The van der Waals surface area contributed by atoms with E-state index in [0.29, 0.717) is 25.2 Å². The van der Waals surface area contributed by atoms with E-state index in [9.17, 15) is 9.18 Å². The molecule has 4 rings (SSSR count). The maximum atomic E-state index is 14.7. The zero-order valence-electron chi connectivity index (χ0n) is 19.0. The van der Waals surface area contributed by atoms with Gasteiger partial charge in [-0.2, -0.15) is 0 Å². The molecule has 2 aliphatic heterocycles. The van der Waals surface area contributed by atoms with Gasteiger partial charge in [-0.15, -0.1) is 0 Å². The molecule has 2 heterocycles. The number of likely N-dealkylation sites (tertiary alicyclic amines) is 1. The van der Waals surface area contributed by atoms with Gasteiger partial charge in [-0.25, -0.2) is 4.39 Å². The van der Waals surface area contributed by atoms with Crippen LogP contribution in [0, 0.1) is 11.7 Å². The number of amides is 1.